The molecule has 1 aliphatic rings. The first-order chi connectivity index (χ1) is 10.4. The molecule has 1 aliphatic heterocycles. The first-order valence-electron chi connectivity index (χ1n) is 6.40. The van der Waals surface area contributed by atoms with Crippen LogP contribution < -0.4 is 0 Å². The summed E-state index contributed by atoms with van der Waals surface area (Å²) in [6.07, 6.45) is 4.92. The summed E-state index contributed by atoms with van der Waals surface area (Å²) in [6, 6.07) is 10.1. The minimum Gasteiger partial charge on any atom is -0.261 e. The molecule has 2 aromatic heterocycles. The summed E-state index contributed by atoms with van der Waals surface area (Å²) in [4.78, 5) is 8.33. The van der Waals surface area contributed by atoms with Crippen molar-refractivity contribution in [2.45, 2.75) is 5.16 Å². The van der Waals surface area contributed by atoms with Crippen molar-refractivity contribution in [1.82, 2.24) is 24.8 Å². The standard InChI is InChI=1S/C14H10N6S/c1-2-4-10(5-3-1)12-9-21-14-18-17-13(20(14)19-12)11-8-15-6-7-16-11/h1-8H,9H2. The van der Waals surface area contributed by atoms with E-state index in [-0.39, 0.29) is 0 Å². The van der Waals surface area contributed by atoms with Gasteiger partial charge >= 0.3 is 0 Å². The highest BCUT2D eigenvalue weighted by molar-refractivity contribution is 7.99. The van der Waals surface area contributed by atoms with Gasteiger partial charge in [-0.2, -0.15) is 9.78 Å². The molecule has 0 N–H and O–H groups in total. The topological polar surface area (TPSA) is 68.8 Å². The number of hydrogen-bond donors (Lipinski definition) is 0. The fourth-order valence-electron chi connectivity index (χ4n) is 2.07. The average Bonchev–Trinajstić information content (AvgIpc) is 2.99. The Hall–Kier alpha value is -2.54. The van der Waals surface area contributed by atoms with E-state index in [9.17, 15) is 0 Å². The first-order valence-corrected chi connectivity index (χ1v) is 7.38. The SMILES string of the molecule is c1ccc(C2=Nn3c(nnc3-c3cnccn3)SC2)cc1. The smallest absolute Gasteiger partial charge is 0.212 e. The lowest BCUT2D eigenvalue weighted by atomic mass is 10.1. The van der Waals surface area contributed by atoms with Crippen LogP contribution in [-0.2, 0) is 0 Å². The summed E-state index contributed by atoms with van der Waals surface area (Å²) in [5.41, 5.74) is 2.77. The van der Waals surface area contributed by atoms with Crippen LogP contribution >= 0.6 is 11.8 Å². The summed E-state index contributed by atoms with van der Waals surface area (Å²) in [6.45, 7) is 0. The first kappa shape index (κ1) is 12.2. The second kappa shape index (κ2) is 5.10. The van der Waals surface area contributed by atoms with Crippen molar-refractivity contribution >= 4 is 17.5 Å². The van der Waals surface area contributed by atoms with Crippen molar-refractivity contribution in [3.05, 3.63) is 54.5 Å². The van der Waals surface area contributed by atoms with E-state index in [0.717, 1.165) is 22.2 Å². The van der Waals surface area contributed by atoms with Gasteiger partial charge in [-0.25, -0.2) is 4.98 Å². The zero-order chi connectivity index (χ0) is 14.1. The number of hydrogen-bond acceptors (Lipinski definition) is 6. The summed E-state index contributed by atoms with van der Waals surface area (Å²) in [5, 5.41) is 13.8. The van der Waals surface area contributed by atoms with Crippen LogP contribution in [0.25, 0.3) is 11.5 Å². The lowest BCUT2D eigenvalue weighted by Gasteiger charge is -2.13. The van der Waals surface area contributed by atoms with Crippen LogP contribution in [0.4, 0.5) is 0 Å². The summed E-state index contributed by atoms with van der Waals surface area (Å²) < 4.78 is 1.74. The van der Waals surface area contributed by atoms with Crippen LogP contribution in [0.2, 0.25) is 0 Å². The number of thioether (sulfide) groups is 1. The molecule has 3 aromatic rings. The van der Waals surface area contributed by atoms with Gasteiger partial charge in [0, 0.05) is 18.1 Å². The Balaban J connectivity index is 1.82. The van der Waals surface area contributed by atoms with Crippen molar-refractivity contribution in [3.8, 4) is 11.5 Å². The molecule has 0 saturated heterocycles. The number of nitrogens with zero attached hydrogens (tertiary/aromatic N) is 6. The number of rotatable bonds is 2. The van der Waals surface area contributed by atoms with Gasteiger partial charge in [0.25, 0.3) is 0 Å². The van der Waals surface area contributed by atoms with E-state index >= 15 is 0 Å². The third kappa shape index (κ3) is 2.21. The Kier molecular flexibility index (Phi) is 2.97. The van der Waals surface area contributed by atoms with E-state index in [1.807, 2.05) is 18.2 Å². The van der Waals surface area contributed by atoms with E-state index in [4.69, 9.17) is 0 Å². The van der Waals surface area contributed by atoms with Crippen molar-refractivity contribution in [3.63, 3.8) is 0 Å². The van der Waals surface area contributed by atoms with Gasteiger partial charge < -0.3 is 0 Å². The Bertz CT molecular complexity index is 797. The summed E-state index contributed by atoms with van der Waals surface area (Å²) in [5.74, 6) is 1.39. The van der Waals surface area contributed by atoms with Crippen molar-refractivity contribution in [2.75, 3.05) is 5.75 Å². The molecule has 102 valence electrons. The van der Waals surface area contributed by atoms with E-state index in [0.29, 0.717) is 11.5 Å². The van der Waals surface area contributed by atoms with Crippen LogP contribution in [0.3, 0.4) is 0 Å². The molecule has 0 bridgehead atoms. The van der Waals surface area contributed by atoms with E-state index in [1.165, 1.54) is 0 Å². The van der Waals surface area contributed by atoms with E-state index in [1.54, 1.807) is 35.0 Å². The fraction of sp³-hybridized carbons (Fsp3) is 0.0714. The molecule has 0 saturated carbocycles. The molecule has 0 radical (unpaired) electrons. The van der Waals surface area contributed by atoms with Crippen molar-refractivity contribution < 1.29 is 0 Å². The highest BCUT2D eigenvalue weighted by Gasteiger charge is 2.21. The zero-order valence-electron chi connectivity index (χ0n) is 10.9. The number of aromatic nitrogens is 5. The maximum absolute atomic E-state index is 4.67. The third-order valence-corrected chi connectivity index (χ3v) is 4.00. The van der Waals surface area contributed by atoms with Gasteiger partial charge in [0.1, 0.15) is 5.69 Å². The van der Waals surface area contributed by atoms with Crippen LogP contribution in [0.15, 0.2) is 59.2 Å². The fourth-order valence-corrected chi connectivity index (χ4v) is 2.91. The molecule has 1 aromatic carbocycles. The van der Waals surface area contributed by atoms with Crippen LogP contribution in [0.5, 0.6) is 0 Å². The molecule has 3 heterocycles. The van der Waals surface area contributed by atoms with Crippen molar-refractivity contribution in [2.24, 2.45) is 5.10 Å². The second-order valence-corrected chi connectivity index (χ2v) is 5.35. The highest BCUT2D eigenvalue weighted by atomic mass is 32.2. The molecule has 7 heteroatoms. The molecular weight excluding hydrogens is 284 g/mol. The lowest BCUT2D eigenvalue weighted by Crippen LogP contribution is -2.13. The van der Waals surface area contributed by atoms with Crippen LogP contribution in [-0.4, -0.2) is 36.3 Å². The summed E-state index contributed by atoms with van der Waals surface area (Å²) >= 11 is 1.62. The largest absolute Gasteiger partial charge is 0.261 e. The van der Waals surface area contributed by atoms with E-state index in [2.05, 4.69) is 37.4 Å². The van der Waals surface area contributed by atoms with Gasteiger partial charge in [0.2, 0.25) is 11.0 Å². The third-order valence-electron chi connectivity index (χ3n) is 3.07. The monoisotopic (exact) mass is 294 g/mol. The molecule has 6 nitrogen and oxygen atoms in total. The predicted octanol–water partition coefficient (Wildman–Crippen LogP) is 2.09. The molecular formula is C14H10N6S. The average molecular weight is 294 g/mol. The zero-order valence-corrected chi connectivity index (χ0v) is 11.7. The summed E-state index contributed by atoms with van der Waals surface area (Å²) in [7, 11) is 0. The molecule has 0 amide bonds. The Morgan fingerprint density at radius 3 is 2.76 bits per heavy atom. The van der Waals surface area contributed by atoms with Gasteiger partial charge in [-0.3, -0.25) is 4.98 Å². The Morgan fingerprint density at radius 2 is 1.95 bits per heavy atom. The Labute approximate surface area is 125 Å². The molecule has 0 unspecified atom stereocenters. The number of fused-ring (bicyclic) bond motifs is 1. The maximum Gasteiger partial charge on any atom is 0.212 e. The van der Waals surface area contributed by atoms with Gasteiger partial charge in [-0.05, 0) is 5.56 Å². The quantitative estimate of drug-likeness (QED) is 0.724. The molecule has 21 heavy (non-hydrogen) atoms. The predicted molar refractivity (Wildman–Crippen MR) is 80.1 cm³/mol. The normalized spacial score (nSPS) is 13.6. The molecule has 0 aliphatic carbocycles. The second-order valence-electron chi connectivity index (χ2n) is 4.41. The van der Waals surface area contributed by atoms with Gasteiger partial charge in [-0.15, -0.1) is 10.2 Å². The number of benzene rings is 1. The minimum absolute atomic E-state index is 0.610. The lowest BCUT2D eigenvalue weighted by molar-refractivity contribution is 0.760. The van der Waals surface area contributed by atoms with Crippen LogP contribution in [0, 0.1) is 0 Å². The molecule has 0 atom stereocenters. The van der Waals surface area contributed by atoms with E-state index < -0.39 is 0 Å². The molecule has 4 rings (SSSR count). The maximum atomic E-state index is 4.67. The van der Waals surface area contributed by atoms with Gasteiger partial charge in [-0.1, -0.05) is 42.1 Å². The minimum atomic E-state index is 0.610. The Morgan fingerprint density at radius 1 is 1.05 bits per heavy atom. The molecule has 0 fully saturated rings. The van der Waals surface area contributed by atoms with Crippen molar-refractivity contribution in [1.29, 1.82) is 0 Å². The molecule has 0 spiro atoms. The highest BCUT2D eigenvalue weighted by Crippen LogP contribution is 2.27. The van der Waals surface area contributed by atoms with Gasteiger partial charge in [0.15, 0.2) is 0 Å². The van der Waals surface area contributed by atoms with Crippen LogP contribution in [0.1, 0.15) is 5.56 Å². The van der Waals surface area contributed by atoms with Gasteiger partial charge in [0.05, 0.1) is 11.9 Å².